The minimum absolute atomic E-state index is 0.128. The van der Waals surface area contributed by atoms with E-state index in [-0.39, 0.29) is 5.91 Å². The molecule has 1 atom stereocenters. The molecule has 22 heavy (non-hydrogen) atoms. The van der Waals surface area contributed by atoms with E-state index in [1.54, 1.807) is 25.3 Å². The van der Waals surface area contributed by atoms with Crippen molar-refractivity contribution in [2.24, 2.45) is 0 Å². The number of methoxy groups -OCH3 is 1. The van der Waals surface area contributed by atoms with Gasteiger partial charge in [0.25, 0.3) is 0 Å². The molecular weight excluding hydrogens is 296 g/mol. The van der Waals surface area contributed by atoms with Crippen LogP contribution >= 0.6 is 11.3 Å². The highest BCUT2D eigenvalue weighted by Crippen LogP contribution is 2.36. The molecule has 5 heteroatoms. The van der Waals surface area contributed by atoms with Gasteiger partial charge in [-0.2, -0.15) is 0 Å². The Hall–Kier alpha value is -1.88. The third kappa shape index (κ3) is 2.99. The Morgan fingerprint density at radius 1 is 1.50 bits per heavy atom. The Balaban J connectivity index is 1.75. The molecular formula is C17H20N2O2S. The number of hydrogen-bond acceptors (Lipinski definition) is 4. The van der Waals surface area contributed by atoms with Crippen LogP contribution in [0.2, 0.25) is 0 Å². The molecule has 4 nitrogen and oxygen atoms in total. The van der Waals surface area contributed by atoms with E-state index in [4.69, 9.17) is 4.74 Å². The van der Waals surface area contributed by atoms with E-state index in [0.717, 1.165) is 30.1 Å². The minimum atomic E-state index is 0.128. The van der Waals surface area contributed by atoms with Crippen molar-refractivity contribution in [1.82, 2.24) is 4.98 Å². The minimum Gasteiger partial charge on any atom is -0.497 e. The first-order valence-corrected chi connectivity index (χ1v) is 8.40. The zero-order valence-corrected chi connectivity index (χ0v) is 13.7. The van der Waals surface area contributed by atoms with E-state index in [1.165, 1.54) is 22.5 Å². The smallest absolute Gasteiger partial charge is 0.229 e. The maximum absolute atomic E-state index is 12.5. The standard InChI is InChI=1S/C17H20N2O2S/c1-19(17-18-8-9-22-17)16(20)11-13-5-3-4-12-10-14(21-2)6-7-15(12)13/h6-10,13H,3-5,11H2,1-2H3. The van der Waals surface area contributed by atoms with Gasteiger partial charge in [0.1, 0.15) is 5.75 Å². The largest absolute Gasteiger partial charge is 0.497 e. The van der Waals surface area contributed by atoms with Crippen LogP contribution in [0.3, 0.4) is 0 Å². The summed E-state index contributed by atoms with van der Waals surface area (Å²) in [4.78, 5) is 18.4. The Labute approximate surface area is 134 Å². The summed E-state index contributed by atoms with van der Waals surface area (Å²) < 4.78 is 5.30. The van der Waals surface area contributed by atoms with Gasteiger partial charge in [0.05, 0.1) is 7.11 Å². The van der Waals surface area contributed by atoms with E-state index >= 15 is 0 Å². The first kappa shape index (κ1) is 15.0. The molecule has 0 spiro atoms. The summed E-state index contributed by atoms with van der Waals surface area (Å²) in [7, 11) is 3.49. The highest BCUT2D eigenvalue weighted by atomic mass is 32.1. The second-order valence-electron chi connectivity index (χ2n) is 5.63. The van der Waals surface area contributed by atoms with Crippen molar-refractivity contribution in [2.45, 2.75) is 31.6 Å². The molecule has 1 aromatic heterocycles. The van der Waals surface area contributed by atoms with Crippen LogP contribution in [-0.2, 0) is 11.2 Å². The van der Waals surface area contributed by atoms with Crippen LogP contribution in [0, 0.1) is 0 Å². The summed E-state index contributed by atoms with van der Waals surface area (Å²) >= 11 is 1.49. The third-order valence-electron chi connectivity index (χ3n) is 4.29. The molecule has 0 radical (unpaired) electrons. The summed E-state index contributed by atoms with van der Waals surface area (Å²) in [6.45, 7) is 0. The van der Waals surface area contributed by atoms with E-state index in [9.17, 15) is 4.79 Å². The van der Waals surface area contributed by atoms with Crippen LogP contribution in [0.25, 0.3) is 0 Å². The number of fused-ring (bicyclic) bond motifs is 1. The first-order valence-electron chi connectivity index (χ1n) is 7.52. The number of benzene rings is 1. The molecule has 0 fully saturated rings. The average Bonchev–Trinajstić information content (AvgIpc) is 3.08. The van der Waals surface area contributed by atoms with Gasteiger partial charge in [-0.05, 0) is 48.4 Å². The van der Waals surface area contributed by atoms with Crippen molar-refractivity contribution in [2.75, 3.05) is 19.1 Å². The number of ether oxygens (including phenoxy) is 1. The van der Waals surface area contributed by atoms with Gasteiger partial charge >= 0.3 is 0 Å². The maximum atomic E-state index is 12.5. The normalized spacial score (nSPS) is 16.9. The Morgan fingerprint density at radius 3 is 3.09 bits per heavy atom. The van der Waals surface area contributed by atoms with E-state index < -0.39 is 0 Å². The number of carbonyl (C=O) groups excluding carboxylic acids is 1. The summed E-state index contributed by atoms with van der Waals surface area (Å²) in [5.41, 5.74) is 2.62. The van der Waals surface area contributed by atoms with E-state index in [2.05, 4.69) is 17.1 Å². The quantitative estimate of drug-likeness (QED) is 0.865. The predicted molar refractivity (Wildman–Crippen MR) is 88.8 cm³/mol. The zero-order chi connectivity index (χ0) is 15.5. The average molecular weight is 316 g/mol. The lowest BCUT2D eigenvalue weighted by molar-refractivity contribution is -0.118. The highest BCUT2D eigenvalue weighted by molar-refractivity contribution is 7.13. The Bertz CT molecular complexity index is 655. The van der Waals surface area contributed by atoms with E-state index in [0.29, 0.717) is 12.3 Å². The van der Waals surface area contributed by atoms with Gasteiger partial charge < -0.3 is 4.74 Å². The van der Waals surface area contributed by atoms with Crippen LogP contribution in [0.1, 0.15) is 36.3 Å². The monoisotopic (exact) mass is 316 g/mol. The maximum Gasteiger partial charge on any atom is 0.229 e. The number of carbonyl (C=O) groups is 1. The third-order valence-corrected chi connectivity index (χ3v) is 5.14. The predicted octanol–water partition coefficient (Wildman–Crippen LogP) is 3.62. The number of nitrogens with zero attached hydrogens (tertiary/aromatic N) is 2. The molecule has 1 amide bonds. The van der Waals surface area contributed by atoms with Crippen LogP contribution in [0.15, 0.2) is 29.8 Å². The summed E-state index contributed by atoms with van der Waals surface area (Å²) in [6.07, 6.45) is 5.52. The second kappa shape index (κ2) is 6.48. The molecule has 1 aliphatic carbocycles. The molecule has 0 aliphatic heterocycles. The van der Waals surface area contributed by atoms with Crippen molar-refractivity contribution in [3.05, 3.63) is 40.9 Å². The Kier molecular flexibility index (Phi) is 4.43. The molecule has 1 unspecified atom stereocenters. The van der Waals surface area contributed by atoms with Gasteiger partial charge in [0.2, 0.25) is 5.91 Å². The van der Waals surface area contributed by atoms with Crippen LogP contribution in [-0.4, -0.2) is 25.0 Å². The molecule has 116 valence electrons. The molecule has 3 rings (SSSR count). The Morgan fingerprint density at radius 2 is 2.36 bits per heavy atom. The molecule has 0 bridgehead atoms. The van der Waals surface area contributed by atoms with Crippen molar-refractivity contribution in [3.63, 3.8) is 0 Å². The fourth-order valence-electron chi connectivity index (χ4n) is 3.07. The number of aryl methyl sites for hydroxylation is 1. The number of aromatic nitrogens is 1. The van der Waals surface area contributed by atoms with Gasteiger partial charge in [-0.15, -0.1) is 11.3 Å². The molecule has 1 heterocycles. The second-order valence-corrected chi connectivity index (χ2v) is 6.50. The topological polar surface area (TPSA) is 42.4 Å². The SMILES string of the molecule is COc1ccc2c(c1)CCCC2CC(=O)N(C)c1nccs1. The van der Waals surface area contributed by atoms with Crippen molar-refractivity contribution < 1.29 is 9.53 Å². The van der Waals surface area contributed by atoms with Crippen molar-refractivity contribution in [3.8, 4) is 5.75 Å². The molecule has 0 saturated heterocycles. The highest BCUT2D eigenvalue weighted by Gasteiger charge is 2.25. The van der Waals surface area contributed by atoms with Gasteiger partial charge in [0, 0.05) is 25.0 Å². The number of anilines is 1. The fourth-order valence-corrected chi connectivity index (χ4v) is 3.69. The van der Waals surface area contributed by atoms with Crippen molar-refractivity contribution in [1.29, 1.82) is 0 Å². The molecule has 0 saturated carbocycles. The lowest BCUT2D eigenvalue weighted by Crippen LogP contribution is -2.28. The molecule has 1 aromatic carbocycles. The summed E-state index contributed by atoms with van der Waals surface area (Å²) in [5, 5.41) is 2.65. The fraction of sp³-hybridized carbons (Fsp3) is 0.412. The lowest BCUT2D eigenvalue weighted by Gasteiger charge is -2.26. The lowest BCUT2D eigenvalue weighted by atomic mass is 9.81. The van der Waals surface area contributed by atoms with Crippen LogP contribution in [0.4, 0.5) is 5.13 Å². The molecule has 2 aromatic rings. The number of amides is 1. The van der Waals surface area contributed by atoms with Crippen LogP contribution < -0.4 is 9.64 Å². The van der Waals surface area contributed by atoms with Crippen LogP contribution in [0.5, 0.6) is 5.75 Å². The van der Waals surface area contributed by atoms with E-state index in [1.807, 2.05) is 11.4 Å². The molecule has 1 aliphatic rings. The summed E-state index contributed by atoms with van der Waals surface area (Å²) in [6, 6.07) is 6.22. The number of hydrogen-bond donors (Lipinski definition) is 0. The van der Waals surface area contributed by atoms with Gasteiger partial charge in [0.15, 0.2) is 5.13 Å². The van der Waals surface area contributed by atoms with Gasteiger partial charge in [-0.1, -0.05) is 6.07 Å². The number of rotatable bonds is 4. The van der Waals surface area contributed by atoms with Gasteiger partial charge in [-0.3, -0.25) is 9.69 Å². The first-order chi connectivity index (χ1) is 10.7. The van der Waals surface area contributed by atoms with Gasteiger partial charge in [-0.25, -0.2) is 4.98 Å². The molecule has 0 N–H and O–H groups in total. The van der Waals surface area contributed by atoms with Crippen molar-refractivity contribution >= 4 is 22.4 Å². The summed E-state index contributed by atoms with van der Waals surface area (Å²) in [5.74, 6) is 1.32. The zero-order valence-electron chi connectivity index (χ0n) is 12.9. The number of thiazole rings is 1.